The summed E-state index contributed by atoms with van der Waals surface area (Å²) >= 11 is 6.06. The number of nitrogen functional groups attached to an aromatic ring is 1. The van der Waals surface area contributed by atoms with Gasteiger partial charge in [0.15, 0.2) is 11.6 Å². The summed E-state index contributed by atoms with van der Waals surface area (Å²) in [6, 6.07) is 14.9. The largest absolute Gasteiger partial charge is 0.497 e. The van der Waals surface area contributed by atoms with Crippen LogP contribution in [0.1, 0.15) is 45.8 Å². The van der Waals surface area contributed by atoms with Gasteiger partial charge in [0.25, 0.3) is 5.91 Å². The molecule has 0 radical (unpaired) electrons. The van der Waals surface area contributed by atoms with Gasteiger partial charge in [0.2, 0.25) is 0 Å². The minimum Gasteiger partial charge on any atom is -0.497 e. The molecule has 0 aliphatic heterocycles. The molecule has 8 nitrogen and oxygen atoms in total. The smallest absolute Gasteiger partial charge is 0.258 e. The molecular weight excluding hydrogens is 588 g/mol. The standard InChI is InChI=1S/C33H34ClF2N5O3/c1-20-27(16-24(35)17-29(20)40-33(42)26-10-7-23(15-28(26)36)22-5-6-22)30-31(32(37)39-19-38-30)44-14-13-41(12-11-34)18-21-3-8-25(43-2)9-4-21/h3-4,7-10,15-17,19,22H,5-6,11-14,18H2,1-2H3,(H,40,42)(H2,37,38,39). The number of anilines is 2. The van der Waals surface area contributed by atoms with Crippen LogP contribution in [0, 0.1) is 18.6 Å². The first-order valence-corrected chi connectivity index (χ1v) is 14.9. The Kier molecular flexibility index (Phi) is 9.92. The number of amides is 1. The first-order chi connectivity index (χ1) is 21.3. The molecule has 1 aromatic heterocycles. The fourth-order valence-corrected chi connectivity index (χ4v) is 5.25. The molecule has 0 saturated heterocycles. The second-order valence-electron chi connectivity index (χ2n) is 10.7. The molecule has 11 heteroatoms. The van der Waals surface area contributed by atoms with Crippen LogP contribution in [-0.4, -0.2) is 53.5 Å². The molecule has 0 bridgehead atoms. The maximum atomic E-state index is 14.9. The van der Waals surface area contributed by atoms with Crippen molar-refractivity contribution in [3.63, 3.8) is 0 Å². The summed E-state index contributed by atoms with van der Waals surface area (Å²) in [4.78, 5) is 23.6. The highest BCUT2D eigenvalue weighted by molar-refractivity contribution is 6.18. The zero-order chi connectivity index (χ0) is 31.2. The van der Waals surface area contributed by atoms with Gasteiger partial charge in [-0.15, -0.1) is 11.6 Å². The minimum atomic E-state index is -0.681. The maximum Gasteiger partial charge on any atom is 0.258 e. The molecule has 1 fully saturated rings. The van der Waals surface area contributed by atoms with Crippen LogP contribution in [0.2, 0.25) is 0 Å². The Bertz CT molecular complexity index is 1630. The number of rotatable bonds is 13. The van der Waals surface area contributed by atoms with Gasteiger partial charge in [0.1, 0.15) is 36.0 Å². The number of hydrogen-bond donors (Lipinski definition) is 2. The highest BCUT2D eigenvalue weighted by atomic mass is 35.5. The van der Waals surface area contributed by atoms with Gasteiger partial charge < -0.3 is 20.5 Å². The number of ether oxygens (including phenoxy) is 2. The number of carbonyl (C=O) groups excluding carboxylic acids is 1. The van der Waals surface area contributed by atoms with Gasteiger partial charge in [-0.25, -0.2) is 18.7 Å². The molecule has 1 amide bonds. The predicted molar refractivity (Wildman–Crippen MR) is 167 cm³/mol. The van der Waals surface area contributed by atoms with E-state index >= 15 is 0 Å². The summed E-state index contributed by atoms with van der Waals surface area (Å²) < 4.78 is 41.1. The summed E-state index contributed by atoms with van der Waals surface area (Å²) in [6.45, 7) is 3.72. The summed E-state index contributed by atoms with van der Waals surface area (Å²) in [5, 5.41) is 2.66. The number of alkyl halides is 1. The molecule has 230 valence electrons. The number of methoxy groups -OCH3 is 1. The maximum absolute atomic E-state index is 14.9. The molecule has 1 aliphatic rings. The Hall–Kier alpha value is -4.28. The van der Waals surface area contributed by atoms with Gasteiger partial charge in [-0.3, -0.25) is 9.69 Å². The topological polar surface area (TPSA) is 103 Å². The van der Waals surface area contributed by atoms with Crippen LogP contribution in [0.15, 0.2) is 60.9 Å². The van der Waals surface area contributed by atoms with Gasteiger partial charge in [-0.2, -0.15) is 0 Å². The van der Waals surface area contributed by atoms with Gasteiger partial charge >= 0.3 is 0 Å². The van der Waals surface area contributed by atoms with Gasteiger partial charge in [-0.1, -0.05) is 18.2 Å². The average Bonchev–Trinajstić information content (AvgIpc) is 3.86. The van der Waals surface area contributed by atoms with Crippen molar-refractivity contribution in [2.75, 3.05) is 43.7 Å². The van der Waals surface area contributed by atoms with E-state index in [1.54, 1.807) is 20.1 Å². The Morgan fingerprint density at radius 2 is 1.86 bits per heavy atom. The molecule has 3 aromatic carbocycles. The second-order valence-corrected chi connectivity index (χ2v) is 11.1. The monoisotopic (exact) mass is 621 g/mol. The van der Waals surface area contributed by atoms with Crippen LogP contribution in [0.4, 0.5) is 20.3 Å². The lowest BCUT2D eigenvalue weighted by atomic mass is 10.0. The van der Waals surface area contributed by atoms with Crippen molar-refractivity contribution in [1.82, 2.24) is 14.9 Å². The third-order valence-electron chi connectivity index (χ3n) is 7.61. The number of nitrogens with two attached hydrogens (primary N) is 1. The van der Waals surface area contributed by atoms with Crippen LogP contribution in [-0.2, 0) is 6.54 Å². The van der Waals surface area contributed by atoms with Crippen molar-refractivity contribution in [3.8, 4) is 22.8 Å². The van der Waals surface area contributed by atoms with Crippen molar-refractivity contribution in [2.24, 2.45) is 0 Å². The number of carbonyl (C=O) groups is 1. The Morgan fingerprint density at radius 3 is 2.55 bits per heavy atom. The van der Waals surface area contributed by atoms with Crippen LogP contribution < -0.4 is 20.5 Å². The zero-order valence-corrected chi connectivity index (χ0v) is 25.3. The lowest BCUT2D eigenvalue weighted by molar-refractivity contribution is 0.102. The first kappa shape index (κ1) is 31.2. The number of hydrogen-bond acceptors (Lipinski definition) is 7. The predicted octanol–water partition coefficient (Wildman–Crippen LogP) is 6.57. The molecule has 1 heterocycles. The molecule has 5 rings (SSSR count). The van der Waals surface area contributed by atoms with Crippen LogP contribution in [0.5, 0.6) is 11.5 Å². The fourth-order valence-electron chi connectivity index (χ4n) is 5.01. The minimum absolute atomic E-state index is 0.0844. The van der Waals surface area contributed by atoms with E-state index < -0.39 is 17.5 Å². The lowest BCUT2D eigenvalue weighted by Crippen LogP contribution is -2.30. The van der Waals surface area contributed by atoms with E-state index in [2.05, 4.69) is 20.2 Å². The molecule has 1 aliphatic carbocycles. The summed E-state index contributed by atoms with van der Waals surface area (Å²) in [5.41, 5.74) is 9.33. The van der Waals surface area contributed by atoms with Gasteiger partial charge in [-0.05, 0) is 78.8 Å². The second kappa shape index (κ2) is 14.0. The number of halogens is 3. The van der Waals surface area contributed by atoms with E-state index in [4.69, 9.17) is 26.8 Å². The lowest BCUT2D eigenvalue weighted by Gasteiger charge is -2.22. The van der Waals surface area contributed by atoms with Crippen LogP contribution in [0.3, 0.4) is 0 Å². The molecular formula is C33H34ClF2N5O3. The SMILES string of the molecule is COc1ccc(CN(CCCl)CCOc2c(N)ncnc2-c2cc(F)cc(NC(=O)c3ccc(C4CC4)cc3F)c2C)cc1. The highest BCUT2D eigenvalue weighted by Crippen LogP contribution is 2.40. The number of nitrogens with one attached hydrogen (secondary N) is 1. The molecule has 44 heavy (non-hydrogen) atoms. The molecule has 0 unspecified atom stereocenters. The third kappa shape index (κ3) is 7.43. The van der Waals surface area contributed by atoms with Crippen molar-refractivity contribution < 1.29 is 23.0 Å². The van der Waals surface area contributed by atoms with E-state index in [9.17, 15) is 13.6 Å². The van der Waals surface area contributed by atoms with E-state index in [1.807, 2.05) is 24.3 Å². The van der Waals surface area contributed by atoms with Crippen molar-refractivity contribution >= 4 is 29.0 Å². The first-order valence-electron chi connectivity index (χ1n) is 14.3. The molecule has 0 atom stereocenters. The van der Waals surface area contributed by atoms with E-state index in [0.29, 0.717) is 42.6 Å². The van der Waals surface area contributed by atoms with E-state index in [1.165, 1.54) is 30.6 Å². The van der Waals surface area contributed by atoms with E-state index in [-0.39, 0.29) is 35.1 Å². The average molecular weight is 622 g/mol. The molecule has 1 saturated carbocycles. The van der Waals surface area contributed by atoms with Gasteiger partial charge in [0, 0.05) is 36.8 Å². The summed E-state index contributed by atoms with van der Waals surface area (Å²) in [6.07, 6.45) is 3.30. The Balaban J connectivity index is 1.33. The summed E-state index contributed by atoms with van der Waals surface area (Å²) in [7, 11) is 1.62. The fraction of sp³-hybridized carbons (Fsp3) is 0.303. The van der Waals surface area contributed by atoms with Crippen molar-refractivity contribution in [2.45, 2.75) is 32.2 Å². The van der Waals surface area contributed by atoms with Crippen molar-refractivity contribution in [3.05, 3.63) is 94.8 Å². The highest BCUT2D eigenvalue weighted by Gasteiger charge is 2.25. The number of benzene rings is 3. The van der Waals surface area contributed by atoms with Crippen LogP contribution in [0.25, 0.3) is 11.3 Å². The third-order valence-corrected chi connectivity index (χ3v) is 7.78. The van der Waals surface area contributed by atoms with Gasteiger partial charge in [0.05, 0.1) is 12.7 Å². The normalized spacial score (nSPS) is 12.8. The van der Waals surface area contributed by atoms with Crippen molar-refractivity contribution in [1.29, 1.82) is 0 Å². The van der Waals surface area contributed by atoms with E-state index in [0.717, 1.165) is 29.7 Å². The molecule has 3 N–H and O–H groups in total. The quantitative estimate of drug-likeness (QED) is 0.163. The zero-order valence-electron chi connectivity index (χ0n) is 24.6. The Labute approximate surface area is 260 Å². The number of nitrogens with zero attached hydrogens (tertiary/aromatic N) is 3. The Morgan fingerprint density at radius 1 is 1.09 bits per heavy atom. The summed E-state index contributed by atoms with van der Waals surface area (Å²) in [5.74, 6) is -0.0851. The molecule has 0 spiro atoms. The van der Waals surface area contributed by atoms with Crippen LogP contribution >= 0.6 is 11.6 Å². The molecule has 4 aromatic rings. The number of aromatic nitrogens is 2.